The molecule has 10 heteroatoms. The van der Waals surface area contributed by atoms with Crippen molar-refractivity contribution in [1.29, 1.82) is 0 Å². The Morgan fingerprint density at radius 1 is 1.29 bits per heavy atom. The topological polar surface area (TPSA) is 163 Å². The van der Waals surface area contributed by atoms with Gasteiger partial charge in [-0.05, 0) is 0 Å². The molecular formula is C11H20N4O6. The Morgan fingerprint density at radius 3 is 2.33 bits per heavy atom. The van der Waals surface area contributed by atoms with E-state index < -0.39 is 36.6 Å². The zero-order chi connectivity index (χ0) is 16.0. The van der Waals surface area contributed by atoms with Crippen LogP contribution in [0.1, 0.15) is 0 Å². The number of nitrogens with zero attached hydrogens (tertiary/aromatic N) is 1. The van der Waals surface area contributed by atoms with E-state index in [-0.39, 0.29) is 24.7 Å². The van der Waals surface area contributed by atoms with Crippen LogP contribution in [-0.4, -0.2) is 63.9 Å². The quantitative estimate of drug-likeness (QED) is 0.294. The van der Waals surface area contributed by atoms with Crippen LogP contribution in [0, 0.1) is 0 Å². The Hall–Kier alpha value is -1.88. The number of ether oxygens (including phenoxy) is 1. The van der Waals surface area contributed by atoms with Crippen LogP contribution in [0.3, 0.4) is 0 Å². The first-order valence-corrected chi connectivity index (χ1v) is 6.17. The number of aliphatic hydroxyl groups is 3. The van der Waals surface area contributed by atoms with E-state index in [1.807, 2.05) is 0 Å². The van der Waals surface area contributed by atoms with E-state index >= 15 is 0 Å². The third-order valence-corrected chi connectivity index (χ3v) is 3.06. The van der Waals surface area contributed by atoms with E-state index in [4.69, 9.17) is 10.5 Å². The summed E-state index contributed by atoms with van der Waals surface area (Å²) >= 11 is 0. The van der Waals surface area contributed by atoms with Gasteiger partial charge in [-0.3, -0.25) is 14.3 Å². The molecule has 0 radical (unpaired) electrons. The molecule has 0 amide bonds. The molecule has 0 saturated carbocycles. The van der Waals surface area contributed by atoms with Crippen molar-refractivity contribution in [2.24, 2.45) is 0 Å². The van der Waals surface area contributed by atoms with E-state index in [1.54, 1.807) is 0 Å². The molecule has 1 heterocycles. The molecule has 0 bridgehead atoms. The molecule has 0 spiro atoms. The second kappa shape index (κ2) is 7.22. The first kappa shape index (κ1) is 17.2. The number of aromatic nitrogens is 2. The van der Waals surface area contributed by atoms with E-state index in [0.717, 1.165) is 4.57 Å². The average Bonchev–Trinajstić information content (AvgIpc) is 2.48. The van der Waals surface area contributed by atoms with Crippen molar-refractivity contribution in [3.63, 3.8) is 0 Å². The number of H-pyrrole nitrogens is 1. The van der Waals surface area contributed by atoms with Crippen molar-refractivity contribution < 1.29 is 20.1 Å². The summed E-state index contributed by atoms with van der Waals surface area (Å²) in [7, 11) is 1.44. The van der Waals surface area contributed by atoms with Crippen LogP contribution < -0.4 is 22.3 Å². The van der Waals surface area contributed by atoms with Crippen molar-refractivity contribution >= 4 is 11.5 Å². The van der Waals surface area contributed by atoms with Gasteiger partial charge in [0.25, 0.3) is 5.56 Å². The molecule has 0 saturated heterocycles. The number of nitrogens with two attached hydrogens (primary N) is 1. The van der Waals surface area contributed by atoms with Crippen LogP contribution in [0.4, 0.5) is 11.5 Å². The highest BCUT2D eigenvalue weighted by Crippen LogP contribution is 2.16. The second-order valence-electron chi connectivity index (χ2n) is 4.54. The second-order valence-corrected chi connectivity index (χ2v) is 4.54. The van der Waals surface area contributed by atoms with Gasteiger partial charge in [-0.15, -0.1) is 0 Å². The van der Waals surface area contributed by atoms with Crippen molar-refractivity contribution in [1.82, 2.24) is 9.55 Å². The van der Waals surface area contributed by atoms with Gasteiger partial charge in [0.15, 0.2) is 0 Å². The van der Waals surface area contributed by atoms with Crippen LogP contribution in [0.5, 0.6) is 0 Å². The lowest BCUT2D eigenvalue weighted by molar-refractivity contribution is 0.0833. The van der Waals surface area contributed by atoms with E-state index in [0.29, 0.717) is 0 Å². The normalized spacial score (nSPS) is 11.6. The monoisotopic (exact) mass is 304 g/mol. The van der Waals surface area contributed by atoms with Gasteiger partial charge in [0, 0.05) is 7.11 Å². The molecule has 0 atom stereocenters. The average molecular weight is 304 g/mol. The maximum absolute atomic E-state index is 11.8. The van der Waals surface area contributed by atoms with Gasteiger partial charge in [-0.25, -0.2) is 4.79 Å². The van der Waals surface area contributed by atoms with Crippen LogP contribution in [0.2, 0.25) is 0 Å². The minimum atomic E-state index is -1.54. The van der Waals surface area contributed by atoms with E-state index in [1.165, 1.54) is 7.11 Å². The number of hydrogen-bond donors (Lipinski definition) is 6. The standard InChI is InChI=1S/C11H20N4O6/c1-21-3-2-15-8(12)7(9(19)13-10(15)20)14-11(4-16,5-17)6-18/h14,16-18H,2-6,12H2,1H3,(H,13,19,20). The van der Waals surface area contributed by atoms with Crippen LogP contribution in [0.25, 0.3) is 0 Å². The summed E-state index contributed by atoms with van der Waals surface area (Å²) in [6.07, 6.45) is 0. The van der Waals surface area contributed by atoms with Crippen molar-refractivity contribution in [2.45, 2.75) is 12.1 Å². The molecule has 0 aromatic carbocycles. The largest absolute Gasteiger partial charge is 0.394 e. The molecule has 1 aromatic rings. The zero-order valence-corrected chi connectivity index (χ0v) is 11.6. The molecule has 0 unspecified atom stereocenters. The predicted molar refractivity (Wildman–Crippen MR) is 75.2 cm³/mol. The number of hydrogen-bond acceptors (Lipinski definition) is 8. The predicted octanol–water partition coefficient (Wildman–Crippen LogP) is -3.11. The molecule has 0 fully saturated rings. The van der Waals surface area contributed by atoms with Crippen LogP contribution in [0.15, 0.2) is 9.59 Å². The number of aromatic amines is 1. The summed E-state index contributed by atoms with van der Waals surface area (Å²) in [5, 5.41) is 30.3. The molecule has 21 heavy (non-hydrogen) atoms. The zero-order valence-electron chi connectivity index (χ0n) is 11.6. The maximum Gasteiger partial charge on any atom is 0.330 e. The van der Waals surface area contributed by atoms with E-state index in [9.17, 15) is 24.9 Å². The Morgan fingerprint density at radius 2 is 1.86 bits per heavy atom. The molecule has 0 aliphatic heterocycles. The van der Waals surface area contributed by atoms with E-state index in [2.05, 4.69) is 10.3 Å². The first-order valence-electron chi connectivity index (χ1n) is 6.17. The minimum absolute atomic E-state index is 0.108. The Balaban J connectivity index is 3.30. The molecule has 10 nitrogen and oxygen atoms in total. The Labute approximate surface area is 119 Å². The molecule has 120 valence electrons. The number of nitrogens with one attached hydrogen (secondary N) is 2. The van der Waals surface area contributed by atoms with Gasteiger partial charge in [-0.2, -0.15) is 0 Å². The Kier molecular flexibility index (Phi) is 5.90. The van der Waals surface area contributed by atoms with Crippen LogP contribution >= 0.6 is 0 Å². The van der Waals surface area contributed by atoms with Crippen molar-refractivity contribution in [2.75, 3.05) is 44.6 Å². The molecule has 0 aliphatic rings. The van der Waals surface area contributed by atoms with Gasteiger partial charge in [-0.1, -0.05) is 0 Å². The number of anilines is 2. The third kappa shape index (κ3) is 3.61. The molecule has 0 aliphatic carbocycles. The molecule has 1 aromatic heterocycles. The van der Waals surface area contributed by atoms with Gasteiger partial charge >= 0.3 is 5.69 Å². The molecule has 1 rings (SSSR count). The molecular weight excluding hydrogens is 284 g/mol. The van der Waals surface area contributed by atoms with Crippen molar-refractivity contribution in [3.05, 3.63) is 20.8 Å². The lowest BCUT2D eigenvalue weighted by Gasteiger charge is -2.30. The highest BCUT2D eigenvalue weighted by atomic mass is 16.5. The highest BCUT2D eigenvalue weighted by Gasteiger charge is 2.30. The summed E-state index contributed by atoms with van der Waals surface area (Å²) in [6.45, 7) is -1.63. The van der Waals surface area contributed by atoms with Gasteiger partial charge < -0.3 is 31.1 Å². The Bertz CT molecular complexity index is 569. The summed E-state index contributed by atoms with van der Waals surface area (Å²) in [6, 6.07) is 0. The maximum atomic E-state index is 11.8. The lowest BCUT2D eigenvalue weighted by Crippen LogP contribution is -2.51. The fourth-order valence-corrected chi connectivity index (χ4v) is 1.65. The summed E-state index contributed by atoms with van der Waals surface area (Å²) < 4.78 is 5.92. The van der Waals surface area contributed by atoms with Crippen LogP contribution in [-0.2, 0) is 11.3 Å². The number of methoxy groups -OCH3 is 1. The lowest BCUT2D eigenvalue weighted by atomic mass is 10.0. The molecule has 7 N–H and O–H groups in total. The first-order chi connectivity index (χ1) is 9.94. The number of rotatable bonds is 8. The third-order valence-electron chi connectivity index (χ3n) is 3.06. The van der Waals surface area contributed by atoms with Gasteiger partial charge in [0.05, 0.1) is 33.0 Å². The van der Waals surface area contributed by atoms with Crippen molar-refractivity contribution in [3.8, 4) is 0 Å². The SMILES string of the molecule is COCCn1c(N)c(NC(CO)(CO)CO)c(=O)[nH]c1=O. The summed E-state index contributed by atoms with van der Waals surface area (Å²) in [4.78, 5) is 25.6. The smallest absolute Gasteiger partial charge is 0.330 e. The highest BCUT2D eigenvalue weighted by molar-refractivity contribution is 5.61. The number of aliphatic hydroxyl groups excluding tert-OH is 3. The fraction of sp³-hybridized carbons (Fsp3) is 0.636. The minimum Gasteiger partial charge on any atom is -0.394 e. The van der Waals surface area contributed by atoms with Gasteiger partial charge in [0.2, 0.25) is 0 Å². The summed E-state index contributed by atoms with van der Waals surface area (Å²) in [5.41, 5.74) is 2.50. The van der Waals surface area contributed by atoms with Gasteiger partial charge in [0.1, 0.15) is 17.0 Å². The summed E-state index contributed by atoms with van der Waals surface area (Å²) in [5.74, 6) is -0.180. The number of nitrogen functional groups attached to an aromatic ring is 1. The fourth-order valence-electron chi connectivity index (χ4n) is 1.65.